The zero-order valence-corrected chi connectivity index (χ0v) is 18.7. The molecule has 0 aromatic heterocycles. The van der Waals surface area contributed by atoms with Crippen LogP contribution in [0.1, 0.15) is 65.7 Å². The average Bonchev–Trinajstić information content (AvgIpc) is 2.68. The fourth-order valence-electron chi connectivity index (χ4n) is 5.73. The van der Waals surface area contributed by atoms with Crippen molar-refractivity contribution in [3.63, 3.8) is 0 Å². The number of amides is 1. The summed E-state index contributed by atoms with van der Waals surface area (Å²) < 4.78 is 29.7. The van der Waals surface area contributed by atoms with Gasteiger partial charge in [0.15, 0.2) is 0 Å². The van der Waals surface area contributed by atoms with Gasteiger partial charge >= 0.3 is 0 Å². The number of likely N-dealkylation sites (tertiary alicyclic amines) is 3. The van der Waals surface area contributed by atoms with E-state index in [4.69, 9.17) is 0 Å². The van der Waals surface area contributed by atoms with Crippen LogP contribution >= 0.6 is 0 Å². The summed E-state index contributed by atoms with van der Waals surface area (Å²) in [6.45, 7) is 11.1. The molecule has 0 saturated carbocycles. The molecule has 0 spiro atoms. The largest absolute Gasteiger partial charge is 0.343 e. The van der Waals surface area contributed by atoms with Crippen molar-refractivity contribution < 1.29 is 13.6 Å². The summed E-state index contributed by atoms with van der Waals surface area (Å²) >= 11 is 0. The molecule has 0 radical (unpaired) electrons. The Morgan fingerprint density at radius 3 is 2.07 bits per heavy atom. The second kappa shape index (κ2) is 10.0. The van der Waals surface area contributed by atoms with Gasteiger partial charge in [0, 0.05) is 32.6 Å². The minimum atomic E-state index is -2.60. The Hall–Kier alpha value is -0.750. The summed E-state index contributed by atoms with van der Waals surface area (Å²) in [5, 5.41) is 0. The van der Waals surface area contributed by atoms with E-state index in [1.807, 2.05) is 16.7 Å². The maximum Gasteiger partial charge on any atom is 0.275 e. The number of hydrogen-bond donors (Lipinski definition) is 0. The van der Waals surface area contributed by atoms with Crippen molar-refractivity contribution in [2.75, 3.05) is 45.8 Å². The van der Waals surface area contributed by atoms with Crippen LogP contribution in [0.4, 0.5) is 8.78 Å². The Balaban J connectivity index is 1.41. The molecule has 1 amide bonds. The molecule has 0 bridgehead atoms. The molecule has 168 valence electrons. The van der Waals surface area contributed by atoms with Gasteiger partial charge in [-0.2, -0.15) is 0 Å². The molecule has 4 nitrogen and oxygen atoms in total. The molecule has 0 aromatic carbocycles. The van der Waals surface area contributed by atoms with E-state index in [-0.39, 0.29) is 12.5 Å². The number of nitrogens with zero attached hydrogens (tertiary/aromatic N) is 3. The molecule has 3 heterocycles. The molecule has 6 heteroatoms. The zero-order chi connectivity index (χ0) is 21.0. The number of piperidine rings is 3. The minimum Gasteiger partial charge on any atom is -0.343 e. The van der Waals surface area contributed by atoms with Gasteiger partial charge in [-0.15, -0.1) is 0 Å². The van der Waals surface area contributed by atoms with E-state index in [2.05, 4.69) is 18.7 Å². The van der Waals surface area contributed by atoms with Crippen LogP contribution in [0, 0.1) is 17.8 Å². The van der Waals surface area contributed by atoms with Crippen LogP contribution in [0.3, 0.4) is 0 Å². The van der Waals surface area contributed by atoms with E-state index in [0.29, 0.717) is 30.6 Å². The molecule has 1 atom stereocenters. The number of rotatable bonds is 6. The molecule has 1 unspecified atom stereocenters. The summed E-state index contributed by atoms with van der Waals surface area (Å²) in [6.07, 6.45) is 6.73. The number of carbonyl (C=O) groups excluding carboxylic acids is 1. The van der Waals surface area contributed by atoms with Gasteiger partial charge in [-0.05, 0) is 69.4 Å². The summed E-state index contributed by atoms with van der Waals surface area (Å²) in [5.41, 5.74) is 0. The highest BCUT2D eigenvalue weighted by atomic mass is 19.3. The first-order valence-corrected chi connectivity index (χ1v) is 11.9. The molecule has 3 aliphatic rings. The van der Waals surface area contributed by atoms with E-state index >= 15 is 0 Å². The van der Waals surface area contributed by atoms with E-state index in [1.54, 1.807) is 0 Å². The first-order valence-electron chi connectivity index (χ1n) is 11.9. The lowest BCUT2D eigenvalue weighted by Crippen LogP contribution is -2.60. The second-order valence-corrected chi connectivity index (χ2v) is 10.1. The smallest absolute Gasteiger partial charge is 0.275 e. The summed E-state index contributed by atoms with van der Waals surface area (Å²) in [4.78, 5) is 17.9. The van der Waals surface area contributed by atoms with Crippen molar-refractivity contribution in [1.82, 2.24) is 14.7 Å². The van der Waals surface area contributed by atoms with Crippen molar-refractivity contribution in [3.05, 3.63) is 0 Å². The van der Waals surface area contributed by atoms with Crippen LogP contribution in [-0.2, 0) is 4.79 Å². The minimum absolute atomic E-state index is 0.0785. The first kappa shape index (κ1) is 22.9. The third kappa shape index (κ3) is 6.13. The highest BCUT2D eigenvalue weighted by Gasteiger charge is 2.47. The number of alkyl halides is 2. The summed E-state index contributed by atoms with van der Waals surface area (Å²) in [7, 11) is 0. The van der Waals surface area contributed by atoms with Gasteiger partial charge in [0.05, 0.1) is 12.6 Å². The fourth-order valence-corrected chi connectivity index (χ4v) is 5.73. The maximum absolute atomic E-state index is 14.8. The second-order valence-electron chi connectivity index (χ2n) is 10.1. The van der Waals surface area contributed by atoms with Crippen LogP contribution in [0.25, 0.3) is 0 Å². The molecule has 0 aliphatic carbocycles. The normalized spacial score (nSPS) is 28.2. The van der Waals surface area contributed by atoms with E-state index in [1.165, 1.54) is 6.42 Å². The van der Waals surface area contributed by atoms with Gasteiger partial charge in [-0.3, -0.25) is 14.6 Å². The van der Waals surface area contributed by atoms with Gasteiger partial charge in [-0.25, -0.2) is 8.78 Å². The fraction of sp³-hybridized carbons (Fsp3) is 0.957. The molecular formula is C23H41F2N3O. The predicted molar refractivity (Wildman–Crippen MR) is 113 cm³/mol. The molecule has 3 saturated heterocycles. The van der Waals surface area contributed by atoms with Gasteiger partial charge in [0.1, 0.15) is 0 Å². The third-order valence-corrected chi connectivity index (χ3v) is 7.29. The van der Waals surface area contributed by atoms with Gasteiger partial charge in [0.25, 0.3) is 5.92 Å². The van der Waals surface area contributed by atoms with Crippen LogP contribution in [0.5, 0.6) is 0 Å². The summed E-state index contributed by atoms with van der Waals surface area (Å²) in [6, 6.07) is -0.574. The van der Waals surface area contributed by atoms with Gasteiger partial charge < -0.3 is 4.90 Å². The van der Waals surface area contributed by atoms with E-state index < -0.39 is 12.0 Å². The lowest BCUT2D eigenvalue weighted by molar-refractivity contribution is -0.134. The lowest BCUT2D eigenvalue weighted by Gasteiger charge is -2.46. The lowest BCUT2D eigenvalue weighted by atomic mass is 9.82. The van der Waals surface area contributed by atoms with Crippen molar-refractivity contribution >= 4 is 5.91 Å². The van der Waals surface area contributed by atoms with Crippen molar-refractivity contribution in [2.45, 2.75) is 77.7 Å². The molecule has 3 fully saturated rings. The molecule has 3 aliphatic heterocycles. The Morgan fingerprint density at radius 2 is 1.55 bits per heavy atom. The number of hydrogen-bond acceptors (Lipinski definition) is 3. The molecule has 0 N–H and O–H groups in total. The monoisotopic (exact) mass is 413 g/mol. The molecule has 3 rings (SSSR count). The van der Waals surface area contributed by atoms with E-state index in [9.17, 15) is 13.6 Å². The van der Waals surface area contributed by atoms with Crippen LogP contribution in [-0.4, -0.2) is 78.4 Å². The topological polar surface area (TPSA) is 26.8 Å². The zero-order valence-electron chi connectivity index (χ0n) is 18.7. The maximum atomic E-state index is 14.8. The van der Waals surface area contributed by atoms with Crippen LogP contribution < -0.4 is 0 Å². The molecule has 0 aromatic rings. The van der Waals surface area contributed by atoms with E-state index in [0.717, 1.165) is 65.0 Å². The number of carbonyl (C=O) groups is 1. The third-order valence-electron chi connectivity index (χ3n) is 7.29. The van der Waals surface area contributed by atoms with Gasteiger partial charge in [0.2, 0.25) is 5.91 Å². The van der Waals surface area contributed by atoms with Crippen molar-refractivity contribution in [1.29, 1.82) is 0 Å². The average molecular weight is 414 g/mol. The number of halogens is 2. The van der Waals surface area contributed by atoms with Crippen LogP contribution in [0.15, 0.2) is 0 Å². The predicted octanol–water partition coefficient (Wildman–Crippen LogP) is 4.10. The van der Waals surface area contributed by atoms with Crippen LogP contribution in [0.2, 0.25) is 0 Å². The van der Waals surface area contributed by atoms with Crippen molar-refractivity contribution in [3.8, 4) is 0 Å². The Labute approximate surface area is 176 Å². The molecular weight excluding hydrogens is 372 g/mol. The Bertz CT molecular complexity index is 526. The van der Waals surface area contributed by atoms with Crippen molar-refractivity contribution in [2.24, 2.45) is 17.8 Å². The molecule has 29 heavy (non-hydrogen) atoms. The Morgan fingerprint density at radius 1 is 0.966 bits per heavy atom. The highest BCUT2D eigenvalue weighted by Crippen LogP contribution is 2.36. The quantitative estimate of drug-likeness (QED) is 0.656. The Kier molecular flexibility index (Phi) is 7.94. The first-order chi connectivity index (χ1) is 13.8. The standard InChI is InChI=1S/C23H41F2N3O/c1-4-22(29)28-13-7-20(8-14-28)15-19-5-11-27(12-6-19)21-9-10-26(16-18(2)3)17-23(21,24)25/h18-21H,4-17H2,1-3H3. The van der Waals surface area contributed by atoms with Gasteiger partial charge in [-0.1, -0.05) is 20.8 Å². The summed E-state index contributed by atoms with van der Waals surface area (Å²) in [5.74, 6) is -0.520. The SMILES string of the molecule is CCC(=O)N1CCC(CC2CCN(C3CCN(CC(C)C)CC3(F)F)CC2)CC1. The highest BCUT2D eigenvalue weighted by molar-refractivity contribution is 5.75.